The summed E-state index contributed by atoms with van der Waals surface area (Å²) in [6, 6.07) is -0.168. The highest BCUT2D eigenvalue weighted by molar-refractivity contribution is 7.15. The fourth-order valence-electron chi connectivity index (χ4n) is 2.18. The minimum atomic E-state index is -0.168. The van der Waals surface area contributed by atoms with E-state index in [0.717, 1.165) is 11.3 Å². The maximum Gasteiger partial charge on any atom is 0.323 e. The second-order valence-corrected chi connectivity index (χ2v) is 5.96. The molecule has 0 saturated carbocycles. The van der Waals surface area contributed by atoms with Gasteiger partial charge in [-0.2, -0.15) is 0 Å². The summed E-state index contributed by atoms with van der Waals surface area (Å²) in [4.78, 5) is 32.2. The zero-order valence-corrected chi connectivity index (χ0v) is 13.1. The van der Waals surface area contributed by atoms with Crippen molar-refractivity contribution in [3.05, 3.63) is 11.1 Å². The van der Waals surface area contributed by atoms with Crippen molar-refractivity contribution in [3.63, 3.8) is 0 Å². The maximum atomic E-state index is 12.2. The molecule has 1 fully saturated rings. The van der Waals surface area contributed by atoms with Crippen molar-refractivity contribution in [1.82, 2.24) is 14.8 Å². The number of aromatic nitrogens is 1. The molecule has 0 aliphatic carbocycles. The van der Waals surface area contributed by atoms with E-state index in [1.165, 1.54) is 11.3 Å². The lowest BCUT2D eigenvalue weighted by molar-refractivity contribution is -0.128. The molecule has 0 aromatic carbocycles. The third-order valence-corrected chi connectivity index (χ3v) is 4.17. The molecule has 1 aromatic heterocycles. The second kappa shape index (κ2) is 7.37. The number of thiazole rings is 1. The van der Waals surface area contributed by atoms with Crippen molar-refractivity contribution in [1.29, 1.82) is 0 Å². The fourth-order valence-corrected chi connectivity index (χ4v) is 2.95. The van der Waals surface area contributed by atoms with Crippen LogP contribution >= 0.6 is 11.3 Å². The van der Waals surface area contributed by atoms with Crippen LogP contribution in [-0.2, 0) is 16.1 Å². The van der Waals surface area contributed by atoms with Crippen molar-refractivity contribution in [2.75, 3.05) is 38.6 Å². The summed E-state index contributed by atoms with van der Waals surface area (Å²) < 4.78 is 5.02. The number of anilines is 1. The Morgan fingerprint density at radius 3 is 2.76 bits per heavy atom. The molecule has 0 atom stereocenters. The number of carbonyl (C=O) groups excluding carboxylic acids is 2. The molecular weight excluding hydrogens is 292 g/mol. The highest BCUT2D eigenvalue weighted by Crippen LogP contribution is 2.19. The van der Waals surface area contributed by atoms with Crippen LogP contribution in [0.1, 0.15) is 18.2 Å². The largest absolute Gasteiger partial charge is 0.379 e. The molecule has 2 heterocycles. The Labute approximate surface area is 127 Å². The van der Waals surface area contributed by atoms with E-state index in [9.17, 15) is 9.59 Å². The predicted octanol–water partition coefficient (Wildman–Crippen LogP) is 1.38. The maximum absolute atomic E-state index is 12.2. The van der Waals surface area contributed by atoms with Crippen LogP contribution in [0.3, 0.4) is 0 Å². The Hall–Kier alpha value is -1.67. The smallest absolute Gasteiger partial charge is 0.323 e. The number of nitrogens with one attached hydrogen (secondary N) is 1. The summed E-state index contributed by atoms with van der Waals surface area (Å²) in [5, 5.41) is 3.37. The molecule has 21 heavy (non-hydrogen) atoms. The summed E-state index contributed by atoms with van der Waals surface area (Å²) in [7, 11) is 1.62. The van der Waals surface area contributed by atoms with Crippen LogP contribution in [0.2, 0.25) is 0 Å². The van der Waals surface area contributed by atoms with Crippen LogP contribution < -0.4 is 5.32 Å². The van der Waals surface area contributed by atoms with E-state index in [2.05, 4.69) is 10.3 Å². The van der Waals surface area contributed by atoms with Gasteiger partial charge in [0.1, 0.15) is 0 Å². The van der Waals surface area contributed by atoms with E-state index >= 15 is 0 Å². The van der Waals surface area contributed by atoms with Gasteiger partial charge in [-0.1, -0.05) is 11.3 Å². The molecule has 0 spiro atoms. The van der Waals surface area contributed by atoms with Crippen LogP contribution in [0.4, 0.5) is 9.93 Å². The van der Waals surface area contributed by atoms with Gasteiger partial charge in [-0.25, -0.2) is 9.78 Å². The molecule has 0 bridgehead atoms. The quantitative estimate of drug-likeness (QED) is 0.915. The lowest BCUT2D eigenvalue weighted by Gasteiger charge is -2.21. The molecular formula is C13H20N4O3S. The van der Waals surface area contributed by atoms with Crippen LogP contribution in [0, 0.1) is 0 Å². The molecule has 2 rings (SSSR count). The summed E-state index contributed by atoms with van der Waals surface area (Å²) in [5.74, 6) is 0.0568. The first-order valence-electron chi connectivity index (χ1n) is 6.85. The third kappa shape index (κ3) is 4.40. The SMILES string of the molecule is COCc1cnc(NC(=O)N2CCCN(C(C)=O)CC2)s1. The fraction of sp³-hybridized carbons (Fsp3) is 0.615. The average molecular weight is 312 g/mol. The van der Waals surface area contributed by atoms with Crippen LogP contribution in [0.25, 0.3) is 0 Å². The Bertz CT molecular complexity index is 505. The molecule has 3 amide bonds. The number of hydrogen-bond donors (Lipinski definition) is 1. The monoisotopic (exact) mass is 312 g/mol. The minimum absolute atomic E-state index is 0.0568. The van der Waals surface area contributed by atoms with Crippen molar-refractivity contribution >= 4 is 28.4 Å². The Balaban J connectivity index is 1.89. The van der Waals surface area contributed by atoms with Crippen LogP contribution in [0.15, 0.2) is 6.20 Å². The standard InChI is InChI=1S/C13H20N4O3S/c1-10(18)16-4-3-5-17(7-6-16)13(19)15-12-14-8-11(21-12)9-20-2/h8H,3-7,9H2,1-2H3,(H,14,15,19). The van der Waals surface area contributed by atoms with Gasteiger partial charge in [0.25, 0.3) is 0 Å². The number of ether oxygens (including phenoxy) is 1. The van der Waals surface area contributed by atoms with Gasteiger partial charge in [-0.3, -0.25) is 10.1 Å². The Kier molecular flexibility index (Phi) is 5.51. The van der Waals surface area contributed by atoms with Gasteiger partial charge in [0.05, 0.1) is 11.5 Å². The topological polar surface area (TPSA) is 74.8 Å². The van der Waals surface area contributed by atoms with E-state index in [4.69, 9.17) is 4.74 Å². The normalized spacial score (nSPS) is 15.7. The molecule has 7 nitrogen and oxygen atoms in total. The average Bonchev–Trinajstić information content (AvgIpc) is 2.74. The number of nitrogens with zero attached hydrogens (tertiary/aromatic N) is 3. The van der Waals surface area contributed by atoms with Crippen molar-refractivity contribution in [2.24, 2.45) is 0 Å². The van der Waals surface area contributed by atoms with E-state index < -0.39 is 0 Å². The lowest BCUT2D eigenvalue weighted by atomic mass is 10.4. The van der Waals surface area contributed by atoms with Gasteiger partial charge in [0.15, 0.2) is 5.13 Å². The second-order valence-electron chi connectivity index (χ2n) is 4.84. The first-order valence-corrected chi connectivity index (χ1v) is 7.67. The summed E-state index contributed by atoms with van der Waals surface area (Å²) in [6.45, 7) is 4.52. The van der Waals surface area contributed by atoms with Crippen molar-refractivity contribution in [2.45, 2.75) is 20.0 Å². The van der Waals surface area contributed by atoms with E-state index in [0.29, 0.717) is 37.9 Å². The molecule has 1 N–H and O–H groups in total. The van der Waals surface area contributed by atoms with Gasteiger partial charge in [-0.15, -0.1) is 0 Å². The van der Waals surface area contributed by atoms with Crippen LogP contribution in [-0.4, -0.2) is 60.0 Å². The highest BCUT2D eigenvalue weighted by Gasteiger charge is 2.20. The molecule has 0 unspecified atom stereocenters. The van der Waals surface area contributed by atoms with Gasteiger partial charge in [-0.05, 0) is 6.42 Å². The third-order valence-electron chi connectivity index (χ3n) is 3.28. The zero-order valence-electron chi connectivity index (χ0n) is 12.3. The summed E-state index contributed by atoms with van der Waals surface area (Å²) >= 11 is 1.40. The first-order chi connectivity index (χ1) is 10.1. The molecule has 1 aliphatic rings. The number of urea groups is 1. The highest BCUT2D eigenvalue weighted by atomic mass is 32.1. The van der Waals surface area contributed by atoms with Gasteiger partial charge < -0.3 is 14.5 Å². The Morgan fingerprint density at radius 1 is 1.33 bits per heavy atom. The van der Waals surface area contributed by atoms with Crippen LogP contribution in [0.5, 0.6) is 0 Å². The molecule has 8 heteroatoms. The molecule has 1 aromatic rings. The van der Waals surface area contributed by atoms with E-state index in [1.54, 1.807) is 30.0 Å². The summed E-state index contributed by atoms with van der Waals surface area (Å²) in [6.07, 6.45) is 2.49. The Morgan fingerprint density at radius 2 is 2.05 bits per heavy atom. The zero-order chi connectivity index (χ0) is 15.2. The van der Waals surface area contributed by atoms with Gasteiger partial charge in [0, 0.05) is 46.4 Å². The molecule has 1 saturated heterocycles. The first kappa shape index (κ1) is 15.7. The number of hydrogen-bond acceptors (Lipinski definition) is 5. The van der Waals surface area contributed by atoms with E-state index in [1.807, 2.05) is 0 Å². The summed E-state index contributed by atoms with van der Waals surface area (Å²) in [5.41, 5.74) is 0. The van der Waals surface area contributed by atoms with Crippen molar-refractivity contribution in [3.8, 4) is 0 Å². The van der Waals surface area contributed by atoms with Gasteiger partial charge >= 0.3 is 6.03 Å². The number of carbonyl (C=O) groups is 2. The number of rotatable bonds is 3. The molecule has 116 valence electrons. The predicted molar refractivity (Wildman–Crippen MR) is 80.3 cm³/mol. The number of methoxy groups -OCH3 is 1. The van der Waals surface area contributed by atoms with E-state index in [-0.39, 0.29) is 11.9 Å². The molecule has 0 radical (unpaired) electrons. The lowest BCUT2D eigenvalue weighted by Crippen LogP contribution is -2.38. The van der Waals surface area contributed by atoms with Crippen molar-refractivity contribution < 1.29 is 14.3 Å². The number of amides is 3. The van der Waals surface area contributed by atoms with Gasteiger partial charge in [0.2, 0.25) is 5.91 Å². The minimum Gasteiger partial charge on any atom is -0.379 e. The molecule has 1 aliphatic heterocycles.